The van der Waals surface area contributed by atoms with Gasteiger partial charge >= 0.3 is 0 Å². The Morgan fingerprint density at radius 3 is 1.07 bits per heavy atom. The topological polar surface area (TPSA) is 72.5 Å². The van der Waals surface area contributed by atoms with Gasteiger partial charge in [0.05, 0.1) is 42.7 Å². The average Bonchev–Trinajstić information content (AvgIpc) is 2.80. The molecule has 0 bridgehead atoms. The third kappa shape index (κ3) is 4.40. The molecule has 2 aromatic rings. The van der Waals surface area contributed by atoms with E-state index in [-0.39, 0.29) is 5.78 Å². The van der Waals surface area contributed by atoms with Crippen LogP contribution in [0.15, 0.2) is 24.3 Å². The summed E-state index contributed by atoms with van der Waals surface area (Å²) >= 11 is 0. The molecule has 0 saturated carbocycles. The number of methoxy groups -OCH3 is 6. The summed E-state index contributed by atoms with van der Waals surface area (Å²) in [4.78, 5) is 13.4. The molecule has 2 atom stereocenters. The van der Waals surface area contributed by atoms with Crippen LogP contribution in [0.5, 0.6) is 34.5 Å². The molecule has 7 nitrogen and oxygen atoms in total. The first-order chi connectivity index (χ1) is 14.4. The Kier molecular flexibility index (Phi) is 7.80. The molecule has 2 unspecified atom stereocenters. The molecule has 0 saturated heterocycles. The number of carbonyl (C=O) groups excluding carboxylic acids is 1. The van der Waals surface area contributed by atoms with Crippen molar-refractivity contribution in [3.05, 3.63) is 35.4 Å². The van der Waals surface area contributed by atoms with E-state index < -0.39 is 11.8 Å². The van der Waals surface area contributed by atoms with Crippen molar-refractivity contribution < 1.29 is 33.2 Å². The van der Waals surface area contributed by atoms with Crippen LogP contribution in [0.4, 0.5) is 0 Å². The second-order valence-corrected chi connectivity index (χ2v) is 6.74. The van der Waals surface area contributed by atoms with Crippen LogP contribution >= 0.6 is 0 Å². The zero-order valence-corrected chi connectivity index (χ0v) is 18.8. The fourth-order valence-corrected chi connectivity index (χ4v) is 3.46. The lowest BCUT2D eigenvalue weighted by atomic mass is 9.84. The van der Waals surface area contributed by atoms with Crippen molar-refractivity contribution in [3.63, 3.8) is 0 Å². The molecule has 0 spiro atoms. The Bertz CT molecular complexity index is 820. The van der Waals surface area contributed by atoms with Crippen molar-refractivity contribution in [1.82, 2.24) is 0 Å². The number of hydrogen-bond acceptors (Lipinski definition) is 7. The zero-order valence-electron chi connectivity index (χ0n) is 18.8. The summed E-state index contributed by atoms with van der Waals surface area (Å²) in [5, 5.41) is 0. The lowest BCUT2D eigenvalue weighted by molar-refractivity contribution is -0.121. The molecule has 2 rings (SSSR count). The number of ketones is 1. The van der Waals surface area contributed by atoms with Gasteiger partial charge in [0.25, 0.3) is 0 Å². The molecule has 0 aromatic heterocycles. The highest BCUT2D eigenvalue weighted by Gasteiger charge is 2.29. The maximum Gasteiger partial charge on any atom is 0.164 e. The van der Waals surface area contributed by atoms with E-state index in [1.165, 1.54) is 0 Å². The van der Waals surface area contributed by atoms with Crippen LogP contribution in [0.25, 0.3) is 0 Å². The Balaban J connectivity index is 2.48. The van der Waals surface area contributed by atoms with Crippen LogP contribution in [0.3, 0.4) is 0 Å². The Hall–Kier alpha value is -3.09. The molecule has 0 aliphatic rings. The SMILES string of the molecule is COc1cc(OC)c(C(C)C(=O)C(C)c2cc(OC)c(OC)cc2OC)cc1OC. The fraction of sp³-hybridized carbons (Fsp3) is 0.435. The van der Waals surface area contributed by atoms with Gasteiger partial charge in [0.2, 0.25) is 0 Å². The van der Waals surface area contributed by atoms with Crippen molar-refractivity contribution in [3.8, 4) is 34.5 Å². The Morgan fingerprint density at radius 2 is 0.800 bits per heavy atom. The number of carbonyl (C=O) groups is 1. The van der Waals surface area contributed by atoms with Gasteiger partial charge in [-0.2, -0.15) is 0 Å². The van der Waals surface area contributed by atoms with Gasteiger partial charge in [0, 0.05) is 35.1 Å². The van der Waals surface area contributed by atoms with Gasteiger partial charge in [-0.15, -0.1) is 0 Å². The molecule has 30 heavy (non-hydrogen) atoms. The van der Waals surface area contributed by atoms with Crippen LogP contribution in [0.1, 0.15) is 36.8 Å². The molecular formula is C23H30O7. The van der Waals surface area contributed by atoms with E-state index >= 15 is 0 Å². The lowest BCUT2D eigenvalue weighted by Gasteiger charge is -2.22. The monoisotopic (exact) mass is 418 g/mol. The van der Waals surface area contributed by atoms with Crippen LogP contribution in [-0.2, 0) is 4.79 Å². The number of rotatable bonds is 10. The van der Waals surface area contributed by atoms with Crippen molar-refractivity contribution in [2.24, 2.45) is 0 Å². The molecule has 0 aliphatic heterocycles. The second-order valence-electron chi connectivity index (χ2n) is 6.74. The highest BCUT2D eigenvalue weighted by atomic mass is 16.5. The molecule has 0 aliphatic carbocycles. The van der Waals surface area contributed by atoms with E-state index in [0.717, 1.165) is 0 Å². The fourth-order valence-electron chi connectivity index (χ4n) is 3.46. The first-order valence-corrected chi connectivity index (χ1v) is 9.50. The first kappa shape index (κ1) is 23.2. The zero-order chi connectivity index (χ0) is 22.4. The molecule has 7 heteroatoms. The summed E-state index contributed by atoms with van der Waals surface area (Å²) in [7, 11) is 9.33. The maximum absolute atomic E-state index is 13.4. The van der Waals surface area contributed by atoms with Gasteiger partial charge in [-0.05, 0) is 12.1 Å². The molecule has 0 amide bonds. The third-order valence-electron chi connectivity index (χ3n) is 5.26. The largest absolute Gasteiger partial charge is 0.496 e. The van der Waals surface area contributed by atoms with Crippen LogP contribution in [0, 0.1) is 0 Å². The number of Topliss-reactive ketones (excluding diaryl/α,β-unsaturated/α-hetero) is 1. The van der Waals surface area contributed by atoms with Crippen molar-refractivity contribution in [2.45, 2.75) is 25.7 Å². The summed E-state index contributed by atoms with van der Waals surface area (Å²) in [6, 6.07) is 7.00. The Labute approximate surface area is 177 Å². The second kappa shape index (κ2) is 10.1. The van der Waals surface area contributed by atoms with E-state index in [1.807, 2.05) is 13.8 Å². The van der Waals surface area contributed by atoms with Crippen molar-refractivity contribution in [1.29, 1.82) is 0 Å². The van der Waals surface area contributed by atoms with Crippen LogP contribution in [-0.4, -0.2) is 48.4 Å². The molecule has 164 valence electrons. The van der Waals surface area contributed by atoms with Gasteiger partial charge in [-0.3, -0.25) is 4.79 Å². The summed E-state index contributed by atoms with van der Waals surface area (Å²) in [6.45, 7) is 3.69. The summed E-state index contributed by atoms with van der Waals surface area (Å²) in [5.41, 5.74) is 1.43. The lowest BCUT2D eigenvalue weighted by Crippen LogP contribution is -2.18. The predicted molar refractivity (Wildman–Crippen MR) is 114 cm³/mol. The van der Waals surface area contributed by atoms with Crippen LogP contribution < -0.4 is 28.4 Å². The third-order valence-corrected chi connectivity index (χ3v) is 5.26. The molecule has 2 aromatic carbocycles. The predicted octanol–water partition coefficient (Wildman–Crippen LogP) is 4.21. The summed E-state index contributed by atoms with van der Waals surface area (Å²) in [6.07, 6.45) is 0. The molecular weight excluding hydrogens is 388 g/mol. The normalized spacial score (nSPS) is 12.5. The Morgan fingerprint density at radius 1 is 0.533 bits per heavy atom. The maximum atomic E-state index is 13.4. The van der Waals surface area contributed by atoms with Gasteiger partial charge < -0.3 is 28.4 Å². The van der Waals surface area contributed by atoms with E-state index in [2.05, 4.69) is 0 Å². The van der Waals surface area contributed by atoms with Gasteiger partial charge in [-0.1, -0.05) is 13.8 Å². The summed E-state index contributed by atoms with van der Waals surface area (Å²) < 4.78 is 32.5. The van der Waals surface area contributed by atoms with Crippen molar-refractivity contribution in [2.75, 3.05) is 42.7 Å². The standard InChI is InChI=1S/C23H30O7/c1-13(15-9-19(27-5)21(29-7)11-17(15)25-3)23(24)14(2)16-10-20(28-6)22(30-8)12-18(16)26-4/h9-14H,1-8H3. The van der Waals surface area contributed by atoms with Gasteiger partial charge in [0.15, 0.2) is 23.0 Å². The number of benzene rings is 2. The number of ether oxygens (including phenoxy) is 6. The molecule has 0 fully saturated rings. The van der Waals surface area contributed by atoms with Gasteiger partial charge in [0.1, 0.15) is 17.3 Å². The van der Waals surface area contributed by atoms with E-state index in [9.17, 15) is 4.79 Å². The highest BCUT2D eigenvalue weighted by Crippen LogP contribution is 2.42. The van der Waals surface area contributed by atoms with E-state index in [0.29, 0.717) is 45.6 Å². The molecule has 0 heterocycles. The summed E-state index contributed by atoms with van der Waals surface area (Å²) in [5.74, 6) is 2.31. The highest BCUT2D eigenvalue weighted by molar-refractivity contribution is 5.92. The average molecular weight is 418 g/mol. The molecule has 0 radical (unpaired) electrons. The molecule has 0 N–H and O–H groups in total. The smallest absolute Gasteiger partial charge is 0.164 e. The minimum Gasteiger partial charge on any atom is -0.496 e. The minimum atomic E-state index is -0.465. The van der Waals surface area contributed by atoms with E-state index in [4.69, 9.17) is 28.4 Å². The van der Waals surface area contributed by atoms with Gasteiger partial charge in [-0.25, -0.2) is 0 Å². The van der Waals surface area contributed by atoms with Crippen molar-refractivity contribution >= 4 is 5.78 Å². The quantitative estimate of drug-likeness (QED) is 0.572. The van der Waals surface area contributed by atoms with Crippen LogP contribution in [0.2, 0.25) is 0 Å². The van der Waals surface area contributed by atoms with E-state index in [1.54, 1.807) is 66.9 Å². The first-order valence-electron chi connectivity index (χ1n) is 9.50. The number of hydrogen-bond donors (Lipinski definition) is 0. The minimum absolute atomic E-state index is 0.00830.